The molecule has 29 heavy (non-hydrogen) atoms. The summed E-state index contributed by atoms with van der Waals surface area (Å²) in [7, 11) is 1.53. The predicted octanol–water partition coefficient (Wildman–Crippen LogP) is 4.84. The van der Waals surface area contributed by atoms with E-state index in [-0.39, 0.29) is 5.89 Å². The number of nitrogens with zero attached hydrogens (tertiary/aromatic N) is 2. The maximum atomic E-state index is 12.5. The zero-order valence-corrected chi connectivity index (χ0v) is 16.8. The highest BCUT2D eigenvalue weighted by molar-refractivity contribution is 5.90. The Morgan fingerprint density at radius 3 is 2.62 bits per heavy atom. The van der Waals surface area contributed by atoms with Crippen molar-refractivity contribution in [3.05, 3.63) is 60.0 Å². The molecule has 0 fully saturated rings. The van der Waals surface area contributed by atoms with Crippen LogP contribution < -0.4 is 9.47 Å². The Balaban J connectivity index is 1.67. The Bertz CT molecular complexity index is 939. The number of unbranched alkanes of at least 4 members (excludes halogenated alkanes) is 1. The molecule has 1 aromatic heterocycles. The van der Waals surface area contributed by atoms with Crippen molar-refractivity contribution in [2.75, 3.05) is 13.7 Å². The molecule has 0 bridgehead atoms. The van der Waals surface area contributed by atoms with E-state index in [1.807, 2.05) is 30.3 Å². The van der Waals surface area contributed by atoms with E-state index in [1.54, 1.807) is 25.1 Å². The lowest BCUT2D eigenvalue weighted by molar-refractivity contribution is 0.0279. The summed E-state index contributed by atoms with van der Waals surface area (Å²) in [5.41, 5.74) is 1.15. The Hall–Kier alpha value is -3.35. The van der Waals surface area contributed by atoms with Crippen LogP contribution in [-0.4, -0.2) is 29.9 Å². The molecule has 0 unspecified atom stereocenters. The smallest absolute Gasteiger partial charge is 0.339 e. The molecule has 2 aromatic carbocycles. The molecule has 0 aliphatic heterocycles. The third-order valence-corrected chi connectivity index (χ3v) is 4.25. The number of ether oxygens (including phenoxy) is 3. The lowest BCUT2D eigenvalue weighted by atomic mass is 10.2. The van der Waals surface area contributed by atoms with Crippen molar-refractivity contribution in [1.29, 1.82) is 0 Å². The number of carbonyl (C=O) groups excluding carboxylic acids is 1. The van der Waals surface area contributed by atoms with Crippen molar-refractivity contribution in [3.63, 3.8) is 0 Å². The predicted molar refractivity (Wildman–Crippen MR) is 107 cm³/mol. The highest BCUT2D eigenvalue weighted by Gasteiger charge is 2.21. The molecule has 0 spiro atoms. The van der Waals surface area contributed by atoms with Crippen molar-refractivity contribution >= 4 is 5.97 Å². The summed E-state index contributed by atoms with van der Waals surface area (Å²) in [6.45, 7) is 4.36. The summed E-state index contributed by atoms with van der Waals surface area (Å²) < 4.78 is 22.1. The van der Waals surface area contributed by atoms with Crippen LogP contribution in [0, 0.1) is 0 Å². The second-order valence-electron chi connectivity index (χ2n) is 6.43. The molecule has 7 heteroatoms. The van der Waals surface area contributed by atoms with Gasteiger partial charge in [-0.05, 0) is 43.7 Å². The maximum Gasteiger partial charge on any atom is 0.339 e. The molecular weight excluding hydrogens is 372 g/mol. The van der Waals surface area contributed by atoms with Gasteiger partial charge in [0.15, 0.2) is 17.6 Å². The molecule has 152 valence electrons. The molecule has 0 radical (unpaired) electrons. The lowest BCUT2D eigenvalue weighted by Gasteiger charge is -2.13. The first kappa shape index (κ1) is 20.4. The van der Waals surface area contributed by atoms with E-state index in [4.69, 9.17) is 18.6 Å². The minimum atomic E-state index is -0.695. The zero-order chi connectivity index (χ0) is 20.6. The van der Waals surface area contributed by atoms with Crippen LogP contribution in [0.3, 0.4) is 0 Å². The van der Waals surface area contributed by atoms with E-state index in [9.17, 15) is 4.79 Å². The van der Waals surface area contributed by atoms with Crippen LogP contribution in [0.5, 0.6) is 11.5 Å². The number of aromatic nitrogens is 2. The van der Waals surface area contributed by atoms with Gasteiger partial charge in [-0.3, -0.25) is 0 Å². The van der Waals surface area contributed by atoms with Crippen LogP contribution in [0.15, 0.2) is 52.9 Å². The van der Waals surface area contributed by atoms with Crippen LogP contribution >= 0.6 is 0 Å². The molecule has 3 rings (SSSR count). The number of methoxy groups -OCH3 is 1. The molecule has 1 atom stereocenters. The molecular formula is C22H24N2O5. The van der Waals surface area contributed by atoms with Gasteiger partial charge in [0.05, 0.1) is 19.3 Å². The van der Waals surface area contributed by atoms with Crippen LogP contribution in [0.4, 0.5) is 0 Å². The van der Waals surface area contributed by atoms with Crippen molar-refractivity contribution in [1.82, 2.24) is 10.2 Å². The van der Waals surface area contributed by atoms with Gasteiger partial charge in [-0.2, -0.15) is 0 Å². The van der Waals surface area contributed by atoms with Gasteiger partial charge in [0, 0.05) is 5.56 Å². The Kier molecular flexibility index (Phi) is 6.84. The Labute approximate surface area is 169 Å². The second-order valence-corrected chi connectivity index (χ2v) is 6.43. The van der Waals surface area contributed by atoms with Gasteiger partial charge >= 0.3 is 5.97 Å². The summed E-state index contributed by atoms with van der Waals surface area (Å²) in [6, 6.07) is 14.3. The molecule has 1 heterocycles. The number of esters is 1. The fraction of sp³-hybridized carbons (Fsp3) is 0.318. The summed E-state index contributed by atoms with van der Waals surface area (Å²) in [4.78, 5) is 12.5. The maximum absolute atomic E-state index is 12.5. The van der Waals surface area contributed by atoms with Gasteiger partial charge in [-0.15, -0.1) is 10.2 Å². The summed E-state index contributed by atoms with van der Waals surface area (Å²) in [5.74, 6) is 1.15. The highest BCUT2D eigenvalue weighted by Crippen LogP contribution is 2.29. The average Bonchev–Trinajstić information content (AvgIpc) is 3.25. The van der Waals surface area contributed by atoms with Crippen LogP contribution in [0.2, 0.25) is 0 Å². The second kappa shape index (κ2) is 9.73. The minimum absolute atomic E-state index is 0.226. The summed E-state index contributed by atoms with van der Waals surface area (Å²) >= 11 is 0. The van der Waals surface area contributed by atoms with Gasteiger partial charge in [0.2, 0.25) is 5.89 Å². The fourth-order valence-electron chi connectivity index (χ4n) is 2.62. The first-order chi connectivity index (χ1) is 14.1. The van der Waals surface area contributed by atoms with Gasteiger partial charge in [0.1, 0.15) is 0 Å². The first-order valence-corrected chi connectivity index (χ1v) is 9.53. The van der Waals surface area contributed by atoms with E-state index >= 15 is 0 Å². The quantitative estimate of drug-likeness (QED) is 0.378. The van der Waals surface area contributed by atoms with Crippen LogP contribution in [0.25, 0.3) is 11.5 Å². The van der Waals surface area contributed by atoms with Crippen LogP contribution in [-0.2, 0) is 4.74 Å². The SMILES string of the molecule is CCCCOc1ccc(C(=O)O[C@H](C)c2nnc(-c3ccccc3)o2)cc1OC. The molecule has 0 saturated heterocycles. The average molecular weight is 396 g/mol. The first-order valence-electron chi connectivity index (χ1n) is 9.53. The molecule has 0 saturated carbocycles. The number of rotatable bonds is 9. The van der Waals surface area contributed by atoms with E-state index in [0.29, 0.717) is 29.6 Å². The summed E-state index contributed by atoms with van der Waals surface area (Å²) in [5, 5.41) is 8.01. The Morgan fingerprint density at radius 1 is 1.10 bits per heavy atom. The minimum Gasteiger partial charge on any atom is -0.493 e. The highest BCUT2D eigenvalue weighted by atomic mass is 16.6. The lowest BCUT2D eigenvalue weighted by Crippen LogP contribution is -2.10. The van der Waals surface area contributed by atoms with Crippen molar-refractivity contribution in [2.24, 2.45) is 0 Å². The standard InChI is InChI=1S/C22H24N2O5/c1-4-5-13-27-18-12-11-17(14-19(18)26-3)22(25)28-15(2)20-23-24-21(29-20)16-9-7-6-8-10-16/h6-12,14-15H,4-5,13H2,1-3H3/t15-/m1/s1. The van der Waals surface area contributed by atoms with E-state index in [1.165, 1.54) is 7.11 Å². The third-order valence-electron chi connectivity index (χ3n) is 4.25. The van der Waals surface area contributed by atoms with Gasteiger partial charge in [0.25, 0.3) is 5.89 Å². The topological polar surface area (TPSA) is 83.7 Å². The molecule has 0 N–H and O–H groups in total. The van der Waals surface area contributed by atoms with Crippen molar-refractivity contribution in [2.45, 2.75) is 32.8 Å². The molecule has 0 aliphatic carbocycles. The third kappa shape index (κ3) is 5.13. The number of carbonyl (C=O) groups is 1. The number of benzene rings is 2. The van der Waals surface area contributed by atoms with Gasteiger partial charge in [-0.25, -0.2) is 4.79 Å². The van der Waals surface area contributed by atoms with Gasteiger partial charge in [-0.1, -0.05) is 31.5 Å². The molecule has 0 amide bonds. The number of hydrogen-bond donors (Lipinski definition) is 0. The van der Waals surface area contributed by atoms with Gasteiger partial charge < -0.3 is 18.6 Å². The molecule has 7 nitrogen and oxygen atoms in total. The van der Waals surface area contributed by atoms with E-state index in [0.717, 1.165) is 18.4 Å². The Morgan fingerprint density at radius 2 is 1.90 bits per heavy atom. The van der Waals surface area contributed by atoms with E-state index in [2.05, 4.69) is 17.1 Å². The zero-order valence-electron chi connectivity index (χ0n) is 16.8. The van der Waals surface area contributed by atoms with Crippen molar-refractivity contribution in [3.8, 4) is 23.0 Å². The number of hydrogen-bond acceptors (Lipinski definition) is 7. The normalized spacial score (nSPS) is 11.7. The monoisotopic (exact) mass is 396 g/mol. The molecule has 3 aromatic rings. The summed E-state index contributed by atoms with van der Waals surface area (Å²) in [6.07, 6.45) is 1.28. The van der Waals surface area contributed by atoms with E-state index < -0.39 is 12.1 Å². The fourth-order valence-corrected chi connectivity index (χ4v) is 2.62. The largest absolute Gasteiger partial charge is 0.493 e. The molecule has 0 aliphatic rings. The van der Waals surface area contributed by atoms with Crippen LogP contribution in [0.1, 0.15) is 49.0 Å². The van der Waals surface area contributed by atoms with Crippen molar-refractivity contribution < 1.29 is 23.4 Å².